The summed E-state index contributed by atoms with van der Waals surface area (Å²) in [5, 5.41) is 0.452. The van der Waals surface area contributed by atoms with Gasteiger partial charge in [-0.25, -0.2) is 4.39 Å². The van der Waals surface area contributed by atoms with Crippen molar-refractivity contribution in [1.82, 2.24) is 0 Å². The van der Waals surface area contributed by atoms with Gasteiger partial charge in [-0.05, 0) is 55.3 Å². The molecule has 0 N–H and O–H groups in total. The van der Waals surface area contributed by atoms with Crippen molar-refractivity contribution in [2.24, 2.45) is 0 Å². The van der Waals surface area contributed by atoms with Gasteiger partial charge >= 0.3 is 0 Å². The van der Waals surface area contributed by atoms with Gasteiger partial charge in [0.1, 0.15) is 5.82 Å². The molecular weight excluding hydrogens is 286 g/mol. The van der Waals surface area contributed by atoms with Crippen molar-refractivity contribution in [2.45, 2.75) is 13.8 Å². The Morgan fingerprint density at radius 3 is 2.16 bits per heavy atom. The van der Waals surface area contributed by atoms with Crippen molar-refractivity contribution in [3.63, 3.8) is 0 Å². The van der Waals surface area contributed by atoms with Crippen LogP contribution in [0.15, 0.2) is 30.3 Å². The number of carbonyl (C=O) groups excluding carboxylic acids is 1. The Morgan fingerprint density at radius 2 is 1.53 bits per heavy atom. The van der Waals surface area contributed by atoms with Crippen LogP contribution >= 0.6 is 23.2 Å². The van der Waals surface area contributed by atoms with Gasteiger partial charge in [0.25, 0.3) is 0 Å². The number of ketones is 1. The molecule has 2 aromatic carbocycles. The Morgan fingerprint density at radius 1 is 0.947 bits per heavy atom. The summed E-state index contributed by atoms with van der Waals surface area (Å²) < 4.78 is 13.0. The fourth-order valence-corrected chi connectivity index (χ4v) is 2.33. The van der Waals surface area contributed by atoms with Gasteiger partial charge in [0.15, 0.2) is 5.78 Å². The Hall–Kier alpha value is -1.38. The smallest absolute Gasteiger partial charge is 0.196 e. The average molecular weight is 297 g/mol. The molecule has 0 aromatic heterocycles. The van der Waals surface area contributed by atoms with Crippen LogP contribution in [-0.2, 0) is 0 Å². The molecule has 0 fully saturated rings. The minimum absolute atomic E-state index is 0.0827. The number of benzene rings is 2. The lowest BCUT2D eigenvalue weighted by molar-refractivity contribution is 0.103. The molecule has 0 saturated carbocycles. The van der Waals surface area contributed by atoms with Gasteiger partial charge in [0.2, 0.25) is 0 Å². The highest BCUT2D eigenvalue weighted by Gasteiger charge is 2.17. The fraction of sp³-hybridized carbons (Fsp3) is 0.133. The van der Waals surface area contributed by atoms with E-state index in [1.165, 1.54) is 12.1 Å². The molecule has 2 rings (SSSR count). The van der Waals surface area contributed by atoms with Crippen LogP contribution < -0.4 is 0 Å². The van der Waals surface area contributed by atoms with E-state index < -0.39 is 5.82 Å². The van der Waals surface area contributed by atoms with E-state index in [1.54, 1.807) is 12.1 Å². The molecule has 98 valence electrons. The zero-order chi connectivity index (χ0) is 14.2. The van der Waals surface area contributed by atoms with Crippen molar-refractivity contribution < 1.29 is 9.18 Å². The Kier molecular flexibility index (Phi) is 3.93. The van der Waals surface area contributed by atoms with E-state index in [0.29, 0.717) is 10.6 Å². The van der Waals surface area contributed by atoms with E-state index in [2.05, 4.69) is 0 Å². The highest BCUT2D eigenvalue weighted by molar-refractivity contribution is 6.38. The van der Waals surface area contributed by atoms with Crippen LogP contribution in [0.1, 0.15) is 27.0 Å². The molecule has 0 saturated heterocycles. The maximum Gasteiger partial charge on any atom is 0.196 e. The standard InChI is InChI=1S/C15H11Cl2FO/c1-8-5-12(13(16)6-9(8)2)15(19)11-4-3-10(18)7-14(11)17/h3-7H,1-2H3. The van der Waals surface area contributed by atoms with Gasteiger partial charge in [0.05, 0.1) is 10.0 Å². The molecule has 0 heterocycles. The first kappa shape index (κ1) is 14.0. The predicted octanol–water partition coefficient (Wildman–Crippen LogP) is 4.98. The highest BCUT2D eigenvalue weighted by Crippen LogP contribution is 2.26. The molecule has 19 heavy (non-hydrogen) atoms. The van der Waals surface area contributed by atoms with Crippen molar-refractivity contribution in [1.29, 1.82) is 0 Å². The summed E-state index contributed by atoms with van der Waals surface area (Å²) in [7, 11) is 0. The fourth-order valence-electron chi connectivity index (χ4n) is 1.77. The summed E-state index contributed by atoms with van der Waals surface area (Å²) in [6.45, 7) is 3.81. The zero-order valence-electron chi connectivity index (χ0n) is 10.4. The number of aryl methyl sites for hydroxylation is 2. The molecule has 0 radical (unpaired) electrons. The second kappa shape index (κ2) is 5.32. The molecule has 4 heteroatoms. The maximum absolute atomic E-state index is 13.0. The van der Waals surface area contributed by atoms with Gasteiger partial charge in [0, 0.05) is 11.1 Å². The van der Waals surface area contributed by atoms with Crippen molar-refractivity contribution in [3.05, 3.63) is 68.4 Å². The van der Waals surface area contributed by atoms with Crippen LogP contribution in [0.25, 0.3) is 0 Å². The topological polar surface area (TPSA) is 17.1 Å². The number of halogens is 3. The summed E-state index contributed by atoms with van der Waals surface area (Å²) in [6.07, 6.45) is 0. The molecular formula is C15H11Cl2FO. The van der Waals surface area contributed by atoms with Gasteiger partial charge in [-0.2, -0.15) is 0 Å². The molecule has 2 aromatic rings. The van der Waals surface area contributed by atoms with Crippen LogP contribution in [0.5, 0.6) is 0 Å². The summed E-state index contributed by atoms with van der Waals surface area (Å²) in [5.74, 6) is -0.786. The molecule has 0 aliphatic rings. The van der Waals surface area contributed by atoms with Gasteiger partial charge in [-0.1, -0.05) is 23.2 Å². The predicted molar refractivity (Wildman–Crippen MR) is 75.8 cm³/mol. The first-order valence-corrected chi connectivity index (χ1v) is 6.42. The Labute approximate surface area is 121 Å². The SMILES string of the molecule is Cc1cc(Cl)c(C(=O)c2ccc(F)cc2Cl)cc1C. The first-order valence-electron chi connectivity index (χ1n) is 5.66. The number of hydrogen-bond donors (Lipinski definition) is 0. The highest BCUT2D eigenvalue weighted by atomic mass is 35.5. The molecule has 0 atom stereocenters. The molecule has 0 bridgehead atoms. The number of rotatable bonds is 2. The lowest BCUT2D eigenvalue weighted by atomic mass is 9.99. The van der Waals surface area contributed by atoms with Crippen molar-refractivity contribution in [2.75, 3.05) is 0 Å². The lowest BCUT2D eigenvalue weighted by Crippen LogP contribution is -2.04. The largest absolute Gasteiger partial charge is 0.288 e. The third kappa shape index (κ3) is 2.80. The van der Waals surface area contributed by atoms with Gasteiger partial charge in [-0.15, -0.1) is 0 Å². The van der Waals surface area contributed by atoms with Crippen molar-refractivity contribution >= 4 is 29.0 Å². The van der Waals surface area contributed by atoms with E-state index >= 15 is 0 Å². The second-order valence-electron chi connectivity index (χ2n) is 4.37. The summed E-state index contributed by atoms with van der Waals surface area (Å²) in [5.41, 5.74) is 2.59. The summed E-state index contributed by atoms with van der Waals surface area (Å²) in [4.78, 5) is 12.4. The average Bonchev–Trinajstić information content (AvgIpc) is 2.33. The Bertz CT molecular complexity index is 665. The normalized spacial score (nSPS) is 10.6. The van der Waals surface area contributed by atoms with E-state index in [9.17, 15) is 9.18 Å². The lowest BCUT2D eigenvalue weighted by Gasteiger charge is -2.09. The van der Waals surface area contributed by atoms with E-state index in [4.69, 9.17) is 23.2 Å². The minimum atomic E-state index is -0.479. The quantitative estimate of drug-likeness (QED) is 0.714. The van der Waals surface area contributed by atoms with Gasteiger partial charge < -0.3 is 0 Å². The number of hydrogen-bond acceptors (Lipinski definition) is 1. The van der Waals surface area contributed by atoms with Crippen LogP contribution in [0.2, 0.25) is 10.0 Å². The van der Waals surface area contributed by atoms with Crippen LogP contribution in [0.3, 0.4) is 0 Å². The molecule has 1 nitrogen and oxygen atoms in total. The third-order valence-corrected chi connectivity index (χ3v) is 3.63. The van der Waals surface area contributed by atoms with Gasteiger partial charge in [-0.3, -0.25) is 4.79 Å². The van der Waals surface area contributed by atoms with E-state index in [-0.39, 0.29) is 16.4 Å². The molecule has 0 spiro atoms. The van der Waals surface area contributed by atoms with E-state index in [1.807, 2.05) is 13.8 Å². The number of carbonyl (C=O) groups is 1. The van der Waals surface area contributed by atoms with E-state index in [0.717, 1.165) is 17.2 Å². The third-order valence-electron chi connectivity index (χ3n) is 3.00. The van der Waals surface area contributed by atoms with Crippen molar-refractivity contribution in [3.8, 4) is 0 Å². The molecule has 0 aliphatic heterocycles. The summed E-state index contributed by atoms with van der Waals surface area (Å²) >= 11 is 12.0. The summed E-state index contributed by atoms with van der Waals surface area (Å²) in [6, 6.07) is 7.14. The molecule has 0 unspecified atom stereocenters. The monoisotopic (exact) mass is 296 g/mol. The molecule has 0 amide bonds. The van der Waals surface area contributed by atoms with Crippen LogP contribution in [0, 0.1) is 19.7 Å². The van der Waals surface area contributed by atoms with Crippen LogP contribution in [0.4, 0.5) is 4.39 Å². The Balaban J connectivity index is 2.53. The first-order chi connectivity index (χ1) is 8.90. The second-order valence-corrected chi connectivity index (χ2v) is 5.18. The molecule has 0 aliphatic carbocycles. The zero-order valence-corrected chi connectivity index (χ0v) is 11.9. The minimum Gasteiger partial charge on any atom is -0.288 e. The van der Waals surface area contributed by atoms with Crippen LogP contribution in [-0.4, -0.2) is 5.78 Å². The maximum atomic E-state index is 13.0.